The standard InChI is InChI=1S/C14H16FNO4/c15-14(12(17)18)7-4-8-16(10-14)13(19)20-9-11-5-2-1-3-6-11/h1-3,5-6H,4,7-10H2,(H,17,18)/t14-/m0/s1. The van der Waals surface area contributed by atoms with Crippen LogP contribution in [0.1, 0.15) is 18.4 Å². The molecule has 1 aromatic carbocycles. The molecule has 1 heterocycles. The number of ether oxygens (including phenoxy) is 1. The van der Waals surface area contributed by atoms with E-state index < -0.39 is 24.3 Å². The number of hydrogen-bond donors (Lipinski definition) is 1. The Morgan fingerprint density at radius 2 is 2.05 bits per heavy atom. The van der Waals surface area contributed by atoms with Gasteiger partial charge >= 0.3 is 12.1 Å². The van der Waals surface area contributed by atoms with Gasteiger partial charge in [0.25, 0.3) is 0 Å². The normalized spacial score (nSPS) is 22.4. The van der Waals surface area contributed by atoms with Gasteiger partial charge in [-0.15, -0.1) is 0 Å². The van der Waals surface area contributed by atoms with Crippen molar-refractivity contribution in [2.45, 2.75) is 25.1 Å². The van der Waals surface area contributed by atoms with Gasteiger partial charge < -0.3 is 14.7 Å². The molecule has 5 nitrogen and oxygen atoms in total. The average molecular weight is 281 g/mol. The van der Waals surface area contributed by atoms with Gasteiger partial charge in [0, 0.05) is 6.54 Å². The summed E-state index contributed by atoms with van der Waals surface area (Å²) in [5.74, 6) is -1.53. The molecular formula is C14H16FNO4. The van der Waals surface area contributed by atoms with E-state index in [9.17, 15) is 14.0 Å². The minimum atomic E-state index is -2.37. The second-order valence-electron chi connectivity index (χ2n) is 4.84. The van der Waals surface area contributed by atoms with E-state index in [0.29, 0.717) is 13.0 Å². The van der Waals surface area contributed by atoms with Crippen LogP contribution in [0.3, 0.4) is 0 Å². The summed E-state index contributed by atoms with van der Waals surface area (Å²) in [7, 11) is 0. The van der Waals surface area contributed by atoms with Gasteiger partial charge in [-0.3, -0.25) is 0 Å². The summed E-state index contributed by atoms with van der Waals surface area (Å²) in [5.41, 5.74) is -1.55. The summed E-state index contributed by atoms with van der Waals surface area (Å²) in [5, 5.41) is 8.85. The molecule has 2 rings (SSSR count). The monoisotopic (exact) mass is 281 g/mol. The number of carbonyl (C=O) groups is 2. The predicted octanol–water partition coefficient (Wildman–Crippen LogP) is 2.21. The van der Waals surface area contributed by atoms with Crippen molar-refractivity contribution in [2.75, 3.05) is 13.1 Å². The summed E-state index contributed by atoms with van der Waals surface area (Å²) in [6, 6.07) is 9.10. The van der Waals surface area contributed by atoms with Crippen LogP contribution < -0.4 is 0 Å². The zero-order chi connectivity index (χ0) is 14.6. The van der Waals surface area contributed by atoms with Crippen molar-refractivity contribution in [3.05, 3.63) is 35.9 Å². The number of amides is 1. The van der Waals surface area contributed by atoms with Crippen molar-refractivity contribution >= 4 is 12.1 Å². The number of carboxylic acids is 1. The molecule has 1 aromatic rings. The van der Waals surface area contributed by atoms with Crippen molar-refractivity contribution < 1.29 is 23.8 Å². The number of hydrogen-bond acceptors (Lipinski definition) is 3. The first kappa shape index (κ1) is 14.3. The van der Waals surface area contributed by atoms with Crippen LogP contribution >= 0.6 is 0 Å². The van der Waals surface area contributed by atoms with Crippen LogP contribution in [0.15, 0.2) is 30.3 Å². The molecule has 108 valence electrons. The lowest BCUT2D eigenvalue weighted by molar-refractivity contribution is -0.154. The van der Waals surface area contributed by atoms with E-state index >= 15 is 0 Å². The van der Waals surface area contributed by atoms with Gasteiger partial charge in [0.15, 0.2) is 0 Å². The highest BCUT2D eigenvalue weighted by Gasteiger charge is 2.44. The zero-order valence-electron chi connectivity index (χ0n) is 10.9. The third-order valence-corrected chi connectivity index (χ3v) is 3.29. The number of benzene rings is 1. The molecule has 0 spiro atoms. The fraction of sp³-hybridized carbons (Fsp3) is 0.429. The fourth-order valence-electron chi connectivity index (χ4n) is 2.15. The Bertz CT molecular complexity index is 493. The molecule has 0 unspecified atom stereocenters. The molecule has 1 saturated heterocycles. The molecule has 0 radical (unpaired) electrons. The van der Waals surface area contributed by atoms with Crippen LogP contribution in [0.25, 0.3) is 0 Å². The van der Waals surface area contributed by atoms with Crippen molar-refractivity contribution in [2.24, 2.45) is 0 Å². The van der Waals surface area contributed by atoms with Crippen molar-refractivity contribution in [1.29, 1.82) is 0 Å². The summed E-state index contributed by atoms with van der Waals surface area (Å²) in [6.07, 6.45) is -0.453. The van der Waals surface area contributed by atoms with Gasteiger partial charge in [-0.1, -0.05) is 30.3 Å². The molecule has 0 saturated carbocycles. The number of nitrogens with zero attached hydrogens (tertiary/aromatic N) is 1. The molecular weight excluding hydrogens is 265 g/mol. The number of halogens is 1. The molecule has 20 heavy (non-hydrogen) atoms. The van der Waals surface area contributed by atoms with Crippen LogP contribution in [0.4, 0.5) is 9.18 Å². The van der Waals surface area contributed by atoms with Gasteiger partial charge in [-0.25, -0.2) is 14.0 Å². The number of carbonyl (C=O) groups excluding carboxylic acids is 1. The number of rotatable bonds is 3. The minimum Gasteiger partial charge on any atom is -0.479 e. The minimum absolute atomic E-state index is 0.0786. The van der Waals surface area contributed by atoms with Crippen molar-refractivity contribution in [3.63, 3.8) is 0 Å². The first-order valence-electron chi connectivity index (χ1n) is 6.39. The molecule has 0 aromatic heterocycles. The molecule has 0 aliphatic carbocycles. The van der Waals surface area contributed by atoms with E-state index in [0.717, 1.165) is 10.5 Å². The highest BCUT2D eigenvalue weighted by molar-refractivity contribution is 5.79. The van der Waals surface area contributed by atoms with Gasteiger partial charge in [0.05, 0.1) is 6.54 Å². The van der Waals surface area contributed by atoms with E-state index in [1.165, 1.54) is 0 Å². The molecule has 1 atom stereocenters. The Morgan fingerprint density at radius 3 is 2.70 bits per heavy atom. The SMILES string of the molecule is O=C(OCc1ccccc1)N1CCC[C@@](F)(C(=O)O)C1. The third-order valence-electron chi connectivity index (χ3n) is 3.29. The maximum Gasteiger partial charge on any atom is 0.410 e. The Labute approximate surface area is 116 Å². The summed E-state index contributed by atoms with van der Waals surface area (Å²) >= 11 is 0. The summed E-state index contributed by atoms with van der Waals surface area (Å²) in [6.45, 7) is -0.0644. The van der Waals surface area contributed by atoms with Crippen molar-refractivity contribution in [3.8, 4) is 0 Å². The van der Waals surface area contributed by atoms with E-state index in [1.54, 1.807) is 12.1 Å². The Morgan fingerprint density at radius 1 is 1.35 bits per heavy atom. The van der Waals surface area contributed by atoms with Gasteiger partial charge in [0.2, 0.25) is 5.67 Å². The lowest BCUT2D eigenvalue weighted by Gasteiger charge is -2.33. The number of piperidine rings is 1. The Kier molecular flexibility index (Phi) is 4.22. The van der Waals surface area contributed by atoms with E-state index in [2.05, 4.69) is 0 Å². The molecule has 1 fully saturated rings. The van der Waals surface area contributed by atoms with Crippen LogP contribution in [0.5, 0.6) is 0 Å². The molecule has 0 bridgehead atoms. The van der Waals surface area contributed by atoms with Gasteiger partial charge in [0.1, 0.15) is 6.61 Å². The van der Waals surface area contributed by atoms with E-state index in [-0.39, 0.29) is 13.0 Å². The molecule has 1 N–H and O–H groups in total. The average Bonchev–Trinajstić information content (AvgIpc) is 2.46. The quantitative estimate of drug-likeness (QED) is 0.922. The van der Waals surface area contributed by atoms with E-state index in [1.807, 2.05) is 18.2 Å². The second kappa shape index (κ2) is 5.90. The molecule has 1 aliphatic heterocycles. The van der Waals surface area contributed by atoms with Crippen LogP contribution in [0.2, 0.25) is 0 Å². The summed E-state index contributed by atoms with van der Waals surface area (Å²) in [4.78, 5) is 23.8. The van der Waals surface area contributed by atoms with Crippen LogP contribution in [0, 0.1) is 0 Å². The van der Waals surface area contributed by atoms with Crippen LogP contribution in [-0.4, -0.2) is 40.8 Å². The highest BCUT2D eigenvalue weighted by atomic mass is 19.1. The first-order valence-corrected chi connectivity index (χ1v) is 6.39. The number of carboxylic acid groups (broad SMARTS) is 1. The topological polar surface area (TPSA) is 66.8 Å². The molecule has 1 aliphatic rings. The number of likely N-dealkylation sites (tertiary alicyclic amines) is 1. The van der Waals surface area contributed by atoms with E-state index in [4.69, 9.17) is 9.84 Å². The molecule has 1 amide bonds. The van der Waals surface area contributed by atoms with Gasteiger partial charge in [-0.05, 0) is 18.4 Å². The first-order chi connectivity index (χ1) is 9.51. The predicted molar refractivity (Wildman–Crippen MR) is 68.9 cm³/mol. The maximum atomic E-state index is 14.0. The largest absolute Gasteiger partial charge is 0.479 e. The third kappa shape index (κ3) is 3.26. The number of aliphatic carboxylic acids is 1. The number of alkyl halides is 1. The Balaban J connectivity index is 1.91. The zero-order valence-corrected chi connectivity index (χ0v) is 10.9. The van der Waals surface area contributed by atoms with Crippen molar-refractivity contribution in [1.82, 2.24) is 4.90 Å². The maximum absolute atomic E-state index is 14.0. The Hall–Kier alpha value is -2.11. The summed E-state index contributed by atoms with van der Waals surface area (Å²) < 4.78 is 19.1. The lowest BCUT2D eigenvalue weighted by Crippen LogP contribution is -2.52. The smallest absolute Gasteiger partial charge is 0.410 e. The second-order valence-corrected chi connectivity index (χ2v) is 4.84. The fourth-order valence-corrected chi connectivity index (χ4v) is 2.15. The van der Waals surface area contributed by atoms with Crippen LogP contribution in [-0.2, 0) is 16.1 Å². The highest BCUT2D eigenvalue weighted by Crippen LogP contribution is 2.26. The lowest BCUT2D eigenvalue weighted by atomic mass is 9.95. The molecule has 6 heteroatoms. The van der Waals surface area contributed by atoms with Gasteiger partial charge in [-0.2, -0.15) is 0 Å².